The van der Waals surface area contributed by atoms with Crippen molar-refractivity contribution < 1.29 is 28.3 Å². The molecule has 1 spiro atoms. The van der Waals surface area contributed by atoms with E-state index in [1.54, 1.807) is 23.1 Å². The van der Waals surface area contributed by atoms with Gasteiger partial charge in [0, 0.05) is 43.0 Å². The van der Waals surface area contributed by atoms with E-state index in [9.17, 15) is 14.3 Å². The largest absolute Gasteiger partial charge is 0.487 e. The standard InChI is InChI=1S/C27H30FN3O5/c1-16(2)34-22-8-7-18(13-23(22)35-17(3)28)26-29-25(30-36-26)20-5-4-6-21-19(20)9-10-27(21)14-24(33)31(15-27)11-12-32/h4-8,13,16-17,32H,9-12,14-15H2,1-3H3. The molecule has 2 heterocycles. The number of hydrogen-bond donors (Lipinski definition) is 1. The van der Waals surface area contributed by atoms with Gasteiger partial charge in [-0.2, -0.15) is 4.98 Å². The fourth-order valence-corrected chi connectivity index (χ4v) is 5.35. The third kappa shape index (κ3) is 4.43. The van der Waals surface area contributed by atoms with E-state index in [1.165, 1.54) is 6.92 Å². The van der Waals surface area contributed by atoms with Gasteiger partial charge in [0.2, 0.25) is 18.1 Å². The van der Waals surface area contributed by atoms with Crippen molar-refractivity contribution in [3.8, 4) is 34.3 Å². The Kier molecular flexibility index (Phi) is 6.42. The van der Waals surface area contributed by atoms with Crippen LogP contribution in [0.25, 0.3) is 22.8 Å². The number of ether oxygens (including phenoxy) is 2. The first kappa shape index (κ1) is 24.2. The molecule has 1 aliphatic heterocycles. The summed E-state index contributed by atoms with van der Waals surface area (Å²) in [4.78, 5) is 18.9. The minimum Gasteiger partial charge on any atom is -0.487 e. The second-order valence-electron chi connectivity index (χ2n) is 9.74. The van der Waals surface area contributed by atoms with Gasteiger partial charge in [-0.1, -0.05) is 23.4 Å². The summed E-state index contributed by atoms with van der Waals surface area (Å²) in [6, 6.07) is 11.1. The van der Waals surface area contributed by atoms with Crippen LogP contribution in [-0.4, -0.2) is 58.2 Å². The van der Waals surface area contributed by atoms with Gasteiger partial charge >= 0.3 is 0 Å². The van der Waals surface area contributed by atoms with Crippen LogP contribution in [0.4, 0.5) is 4.39 Å². The van der Waals surface area contributed by atoms with Gasteiger partial charge in [-0.15, -0.1) is 0 Å². The molecule has 1 saturated heterocycles. The van der Waals surface area contributed by atoms with Gasteiger partial charge in [-0.3, -0.25) is 4.79 Å². The number of nitrogens with zero attached hydrogens (tertiary/aromatic N) is 3. The third-order valence-electron chi connectivity index (χ3n) is 6.82. The fraction of sp³-hybridized carbons (Fsp3) is 0.444. The number of aromatic nitrogens is 2. The number of aliphatic hydroxyl groups excluding tert-OH is 1. The lowest BCUT2D eigenvalue weighted by Gasteiger charge is -2.24. The van der Waals surface area contributed by atoms with Crippen LogP contribution in [-0.2, 0) is 16.6 Å². The molecule has 0 saturated carbocycles. The van der Waals surface area contributed by atoms with Crippen molar-refractivity contribution in [1.82, 2.24) is 15.0 Å². The Morgan fingerprint density at radius 3 is 2.78 bits per heavy atom. The van der Waals surface area contributed by atoms with E-state index in [2.05, 4.69) is 16.2 Å². The van der Waals surface area contributed by atoms with Crippen LogP contribution in [0.5, 0.6) is 11.5 Å². The SMILES string of the molecule is CC(C)Oc1ccc(-c2nc(-c3cccc4c3CCC43CC(=O)N(CCO)C3)no2)cc1OC(C)F. The highest BCUT2D eigenvalue weighted by molar-refractivity contribution is 5.82. The number of aliphatic hydroxyl groups is 1. The molecule has 2 aromatic carbocycles. The number of rotatable bonds is 8. The molecule has 0 bridgehead atoms. The molecule has 1 amide bonds. The summed E-state index contributed by atoms with van der Waals surface area (Å²) in [5, 5.41) is 13.6. The van der Waals surface area contributed by atoms with Crippen LogP contribution in [0, 0.1) is 0 Å². The molecular weight excluding hydrogens is 465 g/mol. The topological polar surface area (TPSA) is 97.9 Å². The maximum Gasteiger partial charge on any atom is 0.258 e. The smallest absolute Gasteiger partial charge is 0.258 e. The van der Waals surface area contributed by atoms with Crippen LogP contribution in [0.3, 0.4) is 0 Å². The quantitative estimate of drug-likeness (QED) is 0.498. The number of likely N-dealkylation sites (tertiary alicyclic amines) is 1. The van der Waals surface area contributed by atoms with Crippen molar-refractivity contribution in [3.63, 3.8) is 0 Å². The maximum absolute atomic E-state index is 13.6. The molecule has 1 fully saturated rings. The number of benzene rings is 2. The van der Waals surface area contributed by atoms with Crippen molar-refractivity contribution >= 4 is 5.91 Å². The Hall–Kier alpha value is -3.46. The molecule has 9 heteroatoms. The zero-order valence-electron chi connectivity index (χ0n) is 20.7. The first-order valence-electron chi connectivity index (χ1n) is 12.3. The molecule has 1 aliphatic carbocycles. The van der Waals surface area contributed by atoms with Gasteiger partial charge in [0.05, 0.1) is 12.7 Å². The minimum absolute atomic E-state index is 0.0398. The summed E-state index contributed by atoms with van der Waals surface area (Å²) in [7, 11) is 0. The Morgan fingerprint density at radius 1 is 1.19 bits per heavy atom. The number of hydrogen-bond acceptors (Lipinski definition) is 7. The van der Waals surface area contributed by atoms with E-state index < -0.39 is 6.36 Å². The maximum atomic E-state index is 13.6. The first-order valence-corrected chi connectivity index (χ1v) is 12.3. The van der Waals surface area contributed by atoms with E-state index in [1.807, 2.05) is 26.0 Å². The number of carbonyl (C=O) groups excluding carboxylic acids is 1. The molecule has 2 atom stereocenters. The van der Waals surface area contributed by atoms with Crippen LogP contribution < -0.4 is 9.47 Å². The Labute approximate surface area is 209 Å². The average molecular weight is 496 g/mol. The molecule has 5 rings (SSSR count). The van der Waals surface area contributed by atoms with Gasteiger partial charge in [0.1, 0.15) is 0 Å². The van der Waals surface area contributed by atoms with Crippen molar-refractivity contribution in [3.05, 3.63) is 47.5 Å². The van der Waals surface area contributed by atoms with E-state index in [4.69, 9.17) is 14.0 Å². The molecule has 8 nitrogen and oxygen atoms in total. The van der Waals surface area contributed by atoms with E-state index >= 15 is 0 Å². The number of β-amino-alcohol motifs (C(OH)–C–C–N with tert-alkyl or cyclic N) is 1. The number of amides is 1. The van der Waals surface area contributed by atoms with E-state index in [0.29, 0.717) is 36.6 Å². The van der Waals surface area contributed by atoms with Crippen molar-refractivity contribution in [2.75, 3.05) is 19.7 Å². The normalized spacial score (nSPS) is 19.8. The lowest BCUT2D eigenvalue weighted by atomic mass is 9.80. The van der Waals surface area contributed by atoms with E-state index in [-0.39, 0.29) is 35.7 Å². The molecule has 2 unspecified atom stereocenters. The van der Waals surface area contributed by atoms with Crippen molar-refractivity contribution in [1.29, 1.82) is 0 Å². The van der Waals surface area contributed by atoms with Gasteiger partial charge in [-0.25, -0.2) is 4.39 Å². The number of halogens is 1. The molecule has 1 N–H and O–H groups in total. The molecular formula is C27H30FN3O5. The van der Waals surface area contributed by atoms with Crippen LogP contribution in [0.15, 0.2) is 40.9 Å². The van der Waals surface area contributed by atoms with Crippen molar-refractivity contribution in [2.45, 2.75) is 57.9 Å². The molecule has 1 aromatic heterocycles. The van der Waals surface area contributed by atoms with Gasteiger partial charge < -0.3 is 24.0 Å². The predicted octanol–water partition coefficient (Wildman–Crippen LogP) is 4.29. The van der Waals surface area contributed by atoms with Crippen molar-refractivity contribution in [2.24, 2.45) is 0 Å². The second-order valence-corrected chi connectivity index (χ2v) is 9.74. The first-order chi connectivity index (χ1) is 17.3. The lowest BCUT2D eigenvalue weighted by Crippen LogP contribution is -2.32. The predicted molar refractivity (Wildman–Crippen MR) is 130 cm³/mol. The molecule has 36 heavy (non-hydrogen) atoms. The average Bonchev–Trinajstić information content (AvgIpc) is 3.53. The van der Waals surface area contributed by atoms with E-state index in [0.717, 1.165) is 29.5 Å². The van der Waals surface area contributed by atoms with Crippen LogP contribution >= 0.6 is 0 Å². The number of carbonyl (C=O) groups is 1. The number of fused-ring (bicyclic) bond motifs is 2. The zero-order chi connectivity index (χ0) is 25.4. The minimum atomic E-state index is -1.51. The van der Waals surface area contributed by atoms with Gasteiger partial charge in [-0.05, 0) is 56.0 Å². The molecule has 190 valence electrons. The highest BCUT2D eigenvalue weighted by Crippen LogP contribution is 2.48. The zero-order valence-corrected chi connectivity index (χ0v) is 20.7. The summed E-state index contributed by atoms with van der Waals surface area (Å²) in [5.41, 5.74) is 3.49. The summed E-state index contributed by atoms with van der Waals surface area (Å²) >= 11 is 0. The van der Waals surface area contributed by atoms with Crippen LogP contribution in [0.2, 0.25) is 0 Å². The van der Waals surface area contributed by atoms with Gasteiger partial charge in [0.15, 0.2) is 11.5 Å². The Balaban J connectivity index is 1.46. The van der Waals surface area contributed by atoms with Crippen LogP contribution in [0.1, 0.15) is 44.7 Å². The Bertz CT molecular complexity index is 1270. The summed E-state index contributed by atoms with van der Waals surface area (Å²) in [6.45, 7) is 6.00. The molecule has 2 aliphatic rings. The summed E-state index contributed by atoms with van der Waals surface area (Å²) < 4.78 is 30.3. The lowest BCUT2D eigenvalue weighted by molar-refractivity contribution is -0.128. The van der Waals surface area contributed by atoms with Gasteiger partial charge in [0.25, 0.3) is 5.89 Å². The third-order valence-corrected chi connectivity index (χ3v) is 6.82. The second kappa shape index (κ2) is 9.54. The Morgan fingerprint density at radius 2 is 2.03 bits per heavy atom. The molecule has 0 radical (unpaired) electrons. The monoisotopic (exact) mass is 495 g/mol. The fourth-order valence-electron chi connectivity index (χ4n) is 5.35. The molecule has 3 aromatic rings. The number of alkyl halides is 1. The highest BCUT2D eigenvalue weighted by Gasteiger charge is 2.48. The highest BCUT2D eigenvalue weighted by atomic mass is 19.1. The summed E-state index contributed by atoms with van der Waals surface area (Å²) in [6.07, 6.45) is 0.502. The summed E-state index contributed by atoms with van der Waals surface area (Å²) in [5.74, 6) is 1.52.